The van der Waals surface area contributed by atoms with Crippen molar-refractivity contribution in [2.75, 3.05) is 55.0 Å². The molecule has 0 radical (unpaired) electrons. The third-order valence-electron chi connectivity index (χ3n) is 7.27. The van der Waals surface area contributed by atoms with E-state index in [0.717, 1.165) is 39.0 Å². The Hall–Kier alpha value is -3.22. The minimum atomic E-state index is 0.872. The van der Waals surface area contributed by atoms with Crippen LogP contribution in [0.5, 0.6) is 0 Å². The van der Waals surface area contributed by atoms with Crippen molar-refractivity contribution in [3.05, 3.63) is 108 Å². The number of benzene rings is 2. The van der Waals surface area contributed by atoms with Crippen molar-refractivity contribution >= 4 is 57.4 Å². The fraction of sp³-hybridized carbons (Fsp3) is 0.368. The van der Waals surface area contributed by atoms with Crippen molar-refractivity contribution in [1.29, 1.82) is 0 Å². The molecular weight excluding hydrogens is 577 g/mol. The van der Waals surface area contributed by atoms with E-state index >= 15 is 0 Å². The molecule has 0 fully saturated rings. The van der Waals surface area contributed by atoms with Gasteiger partial charge in [-0.3, -0.25) is 4.99 Å². The smallest absolute Gasteiger partial charge is 0.205 e. The van der Waals surface area contributed by atoms with E-state index in [0.29, 0.717) is 0 Å². The van der Waals surface area contributed by atoms with Gasteiger partial charge < -0.3 is 9.80 Å². The third kappa shape index (κ3) is 13.6. The molecule has 0 saturated heterocycles. The quantitative estimate of drug-likeness (QED) is 0.0409. The van der Waals surface area contributed by atoms with Gasteiger partial charge in [0.05, 0.1) is 0 Å². The molecular formula is C38H51N4S2+. The highest BCUT2D eigenvalue weighted by Gasteiger charge is 2.04. The minimum absolute atomic E-state index is 0.872. The number of aliphatic imine (C=N–C) groups is 1. The molecule has 0 atom stereocenters. The normalized spacial score (nSPS) is 11.9. The first-order chi connectivity index (χ1) is 21.6. The second-order valence-electron chi connectivity index (χ2n) is 10.7. The fourth-order valence-corrected chi connectivity index (χ4v) is 6.76. The molecule has 0 aliphatic rings. The number of pyridine rings is 1. The number of hydrogen-bond donors (Lipinski definition) is 0. The van der Waals surface area contributed by atoms with Gasteiger partial charge in [0.25, 0.3) is 0 Å². The van der Waals surface area contributed by atoms with E-state index in [-0.39, 0.29) is 0 Å². The van der Waals surface area contributed by atoms with E-state index < -0.39 is 0 Å². The number of anilines is 2. The second kappa shape index (κ2) is 21.5. The summed E-state index contributed by atoms with van der Waals surface area (Å²) in [7, 11) is 8.40. The topological polar surface area (TPSA) is 22.7 Å². The molecule has 0 amide bonds. The van der Waals surface area contributed by atoms with Crippen molar-refractivity contribution in [2.45, 2.75) is 46.1 Å². The van der Waals surface area contributed by atoms with Gasteiger partial charge in [-0.25, -0.2) is 0 Å². The summed E-state index contributed by atoms with van der Waals surface area (Å²) in [6.07, 6.45) is 21.5. The highest BCUT2D eigenvalue weighted by molar-refractivity contribution is 8.76. The Morgan fingerprint density at radius 1 is 0.705 bits per heavy atom. The van der Waals surface area contributed by atoms with Crippen molar-refractivity contribution in [2.24, 2.45) is 4.99 Å². The third-order valence-corrected chi connectivity index (χ3v) is 9.84. The Bertz CT molecular complexity index is 1310. The predicted molar refractivity (Wildman–Crippen MR) is 201 cm³/mol. The van der Waals surface area contributed by atoms with Crippen molar-refractivity contribution in [3.63, 3.8) is 0 Å². The van der Waals surface area contributed by atoms with Gasteiger partial charge in [-0.05, 0) is 93.3 Å². The number of unbranched alkanes of at least 4 members (excludes halogenated alkanes) is 1. The minimum Gasteiger partial charge on any atom is -0.375 e. The molecule has 3 rings (SSSR count). The summed E-state index contributed by atoms with van der Waals surface area (Å²) in [5.41, 5.74) is 6.23. The van der Waals surface area contributed by atoms with Crippen molar-refractivity contribution in [3.8, 4) is 0 Å². The molecule has 44 heavy (non-hydrogen) atoms. The maximum atomic E-state index is 4.24. The Balaban J connectivity index is 1.25. The molecule has 0 unspecified atom stereocenters. The Morgan fingerprint density at radius 3 is 1.91 bits per heavy atom. The lowest BCUT2D eigenvalue weighted by Crippen LogP contribution is -2.34. The first kappa shape index (κ1) is 35.3. The van der Waals surface area contributed by atoms with Crippen LogP contribution in [0.25, 0.3) is 18.2 Å². The zero-order valence-corrected chi connectivity index (χ0v) is 28.8. The zero-order valence-electron chi connectivity index (χ0n) is 27.1. The van der Waals surface area contributed by atoms with E-state index in [2.05, 4.69) is 157 Å². The molecule has 1 heterocycles. The standard InChI is InChI=1S/C38H51N4S2/c1-5-39-28-12-9-7-8-10-16-34-18-23-36(24-19-34)40(3)29-14-32-43-44-33-15-30-41(4)37-25-20-35(21-26-37)22-27-38-17-11-13-31-42(38)6-2/h7-8,10-11,13,16-28,31H,5-6,9,12,14-15,29-30,32-33H2,1-4H3/q+1/b8-7+,16-10+,39-28?. The first-order valence-corrected chi connectivity index (χ1v) is 18.4. The van der Waals surface area contributed by atoms with Gasteiger partial charge >= 0.3 is 0 Å². The van der Waals surface area contributed by atoms with Crippen molar-refractivity contribution in [1.82, 2.24) is 0 Å². The van der Waals surface area contributed by atoms with Gasteiger partial charge in [-0.2, -0.15) is 4.57 Å². The lowest BCUT2D eigenvalue weighted by Gasteiger charge is -2.20. The summed E-state index contributed by atoms with van der Waals surface area (Å²) in [5.74, 6) is 2.36. The average Bonchev–Trinajstić information content (AvgIpc) is 3.06. The van der Waals surface area contributed by atoms with Crippen LogP contribution in [-0.4, -0.2) is 51.4 Å². The fourth-order valence-electron chi connectivity index (χ4n) is 4.62. The predicted octanol–water partition coefficient (Wildman–Crippen LogP) is 9.34. The van der Waals surface area contributed by atoms with Crippen LogP contribution >= 0.6 is 21.6 Å². The van der Waals surface area contributed by atoms with Crippen LogP contribution in [0, 0.1) is 0 Å². The highest BCUT2D eigenvalue weighted by Crippen LogP contribution is 2.24. The van der Waals surface area contributed by atoms with E-state index in [9.17, 15) is 0 Å². The van der Waals surface area contributed by atoms with E-state index in [1.807, 2.05) is 27.8 Å². The van der Waals surface area contributed by atoms with Crippen LogP contribution in [0.1, 0.15) is 56.4 Å². The van der Waals surface area contributed by atoms with Gasteiger partial charge in [-0.15, -0.1) is 0 Å². The van der Waals surface area contributed by atoms with Crippen LogP contribution in [-0.2, 0) is 6.54 Å². The summed E-state index contributed by atoms with van der Waals surface area (Å²) in [6.45, 7) is 8.23. The molecule has 0 aliphatic heterocycles. The molecule has 0 N–H and O–H groups in total. The summed E-state index contributed by atoms with van der Waals surface area (Å²) in [5, 5.41) is 0. The molecule has 234 valence electrons. The zero-order chi connectivity index (χ0) is 31.2. The molecule has 6 heteroatoms. The van der Waals surface area contributed by atoms with Crippen LogP contribution in [0.15, 0.2) is 96.1 Å². The maximum absolute atomic E-state index is 4.24. The molecule has 0 aliphatic carbocycles. The number of aryl methyl sites for hydroxylation is 1. The monoisotopic (exact) mass is 627 g/mol. The van der Waals surface area contributed by atoms with Crippen LogP contribution in [0.2, 0.25) is 0 Å². The van der Waals surface area contributed by atoms with Gasteiger partial charge in [0, 0.05) is 74.8 Å². The first-order valence-electron chi connectivity index (χ1n) is 16.0. The summed E-state index contributed by atoms with van der Waals surface area (Å²) in [6, 6.07) is 24.0. The highest BCUT2D eigenvalue weighted by atomic mass is 33.1. The Morgan fingerprint density at radius 2 is 1.32 bits per heavy atom. The Kier molecular flexibility index (Phi) is 17.2. The molecule has 0 spiro atoms. The van der Waals surface area contributed by atoms with Crippen molar-refractivity contribution < 1.29 is 4.57 Å². The molecule has 3 aromatic rings. The summed E-state index contributed by atoms with van der Waals surface area (Å²) in [4.78, 5) is 8.96. The van der Waals surface area contributed by atoms with Crippen LogP contribution in [0.3, 0.4) is 0 Å². The number of rotatable bonds is 20. The summed E-state index contributed by atoms with van der Waals surface area (Å²) >= 11 is 0. The van der Waals surface area contributed by atoms with Gasteiger partial charge in [0.15, 0.2) is 6.20 Å². The van der Waals surface area contributed by atoms with Gasteiger partial charge in [0.1, 0.15) is 6.54 Å². The molecule has 2 aromatic carbocycles. The lowest BCUT2D eigenvalue weighted by molar-refractivity contribution is -0.695. The number of allylic oxidation sites excluding steroid dienone is 3. The molecule has 4 nitrogen and oxygen atoms in total. The lowest BCUT2D eigenvalue weighted by atomic mass is 10.1. The van der Waals surface area contributed by atoms with Gasteiger partial charge in [-0.1, -0.05) is 70.2 Å². The molecule has 0 bridgehead atoms. The average molecular weight is 628 g/mol. The molecule has 0 saturated carbocycles. The largest absolute Gasteiger partial charge is 0.375 e. The van der Waals surface area contributed by atoms with Crippen LogP contribution in [0.4, 0.5) is 11.4 Å². The number of nitrogens with zero attached hydrogens (tertiary/aromatic N) is 4. The SMILES string of the molecule is CCN=CCC/C=C/C=C/c1ccc(N(C)CCCSSCCCN(C)c2ccc(/C=C/c3cccc[n+]3CC)cc2)cc1. The second-order valence-corrected chi connectivity index (χ2v) is 13.4. The van der Waals surface area contributed by atoms with Gasteiger partial charge in [0.2, 0.25) is 5.69 Å². The maximum Gasteiger partial charge on any atom is 0.205 e. The van der Waals surface area contributed by atoms with E-state index in [4.69, 9.17) is 0 Å². The Labute approximate surface area is 275 Å². The van der Waals surface area contributed by atoms with E-state index in [1.54, 1.807) is 0 Å². The number of hydrogen-bond acceptors (Lipinski definition) is 5. The van der Waals surface area contributed by atoms with Crippen LogP contribution < -0.4 is 14.4 Å². The number of aromatic nitrogens is 1. The molecule has 1 aromatic heterocycles. The summed E-state index contributed by atoms with van der Waals surface area (Å²) < 4.78 is 2.25. The van der Waals surface area contributed by atoms with E-state index in [1.165, 1.54) is 52.5 Å².